The van der Waals surface area contributed by atoms with Gasteiger partial charge in [0.1, 0.15) is 30.1 Å². The Morgan fingerprint density at radius 3 is 2.20 bits per heavy atom. The fourth-order valence-corrected chi connectivity index (χ4v) is 5.33. The van der Waals surface area contributed by atoms with Crippen LogP contribution in [-0.4, -0.2) is 90.6 Å². The molecule has 0 saturated heterocycles. The standard InChI is InChI=1S/C38H48F2N4O7/c1-9-13-43(6)36(47)29-19-27(24(2)42-50-8)18-28(20-29)35(46)41-33(17-26-14-30(39)21-31(40)15-26)34(45)23-44(37(48)51-38(3,4)5)22-25-11-10-12-32(16-25)49-7/h10-12,14-16,18-21,33-34,45H,9,13,17,22-23H2,1-8H3,(H,41,46)/t33-,34+/m0/s1. The molecule has 11 nitrogen and oxygen atoms in total. The molecule has 0 bridgehead atoms. The second-order valence-corrected chi connectivity index (χ2v) is 13.2. The highest BCUT2D eigenvalue weighted by Gasteiger charge is 2.30. The van der Waals surface area contributed by atoms with Crippen molar-refractivity contribution in [2.45, 2.75) is 71.8 Å². The third-order valence-corrected chi connectivity index (χ3v) is 7.72. The number of amides is 3. The Kier molecular flexibility index (Phi) is 14.5. The first-order valence-electron chi connectivity index (χ1n) is 16.6. The molecule has 3 amide bonds. The number of rotatable bonds is 15. The van der Waals surface area contributed by atoms with Crippen molar-refractivity contribution >= 4 is 23.6 Å². The number of methoxy groups -OCH3 is 1. The van der Waals surface area contributed by atoms with Crippen molar-refractivity contribution in [2.75, 3.05) is 34.4 Å². The Hall–Kier alpha value is -5.04. The minimum absolute atomic E-state index is 0.00926. The van der Waals surface area contributed by atoms with Crippen LogP contribution in [0, 0.1) is 11.6 Å². The Balaban J connectivity index is 2.05. The van der Waals surface area contributed by atoms with Crippen LogP contribution in [0.2, 0.25) is 0 Å². The van der Waals surface area contributed by atoms with Gasteiger partial charge in [0.25, 0.3) is 11.8 Å². The highest BCUT2D eigenvalue weighted by atomic mass is 19.1. The van der Waals surface area contributed by atoms with Gasteiger partial charge in [0, 0.05) is 42.9 Å². The van der Waals surface area contributed by atoms with E-state index in [1.165, 1.54) is 36.2 Å². The first-order chi connectivity index (χ1) is 24.0. The van der Waals surface area contributed by atoms with Gasteiger partial charge in [-0.15, -0.1) is 0 Å². The zero-order valence-corrected chi connectivity index (χ0v) is 30.5. The van der Waals surface area contributed by atoms with E-state index in [-0.39, 0.29) is 42.1 Å². The molecule has 276 valence electrons. The van der Waals surface area contributed by atoms with Gasteiger partial charge in [-0.05, 0) is 94.1 Å². The minimum Gasteiger partial charge on any atom is -0.497 e. The molecule has 0 radical (unpaired) electrons. The van der Waals surface area contributed by atoms with Crippen molar-refractivity contribution in [2.24, 2.45) is 5.16 Å². The van der Waals surface area contributed by atoms with Gasteiger partial charge in [-0.1, -0.05) is 24.2 Å². The number of benzene rings is 3. The van der Waals surface area contributed by atoms with E-state index >= 15 is 0 Å². The molecule has 0 aliphatic rings. The maximum absolute atomic E-state index is 14.3. The van der Waals surface area contributed by atoms with Gasteiger partial charge in [-0.2, -0.15) is 0 Å². The van der Waals surface area contributed by atoms with Crippen LogP contribution in [0.1, 0.15) is 78.4 Å². The summed E-state index contributed by atoms with van der Waals surface area (Å²) >= 11 is 0. The molecular formula is C38H48F2N4O7. The second kappa shape index (κ2) is 18.3. The quantitative estimate of drug-likeness (QED) is 0.147. The lowest BCUT2D eigenvalue weighted by Crippen LogP contribution is -2.51. The molecule has 0 fully saturated rings. The number of ether oxygens (including phenoxy) is 2. The Bertz CT molecular complexity index is 1690. The summed E-state index contributed by atoms with van der Waals surface area (Å²) < 4.78 is 39.5. The molecule has 3 aromatic carbocycles. The largest absolute Gasteiger partial charge is 0.497 e. The zero-order valence-electron chi connectivity index (χ0n) is 30.5. The topological polar surface area (TPSA) is 130 Å². The van der Waals surface area contributed by atoms with Gasteiger partial charge in [0.15, 0.2) is 0 Å². The van der Waals surface area contributed by atoms with Gasteiger partial charge in [-0.3, -0.25) is 9.59 Å². The van der Waals surface area contributed by atoms with E-state index in [1.54, 1.807) is 65.1 Å². The zero-order chi connectivity index (χ0) is 37.9. The lowest BCUT2D eigenvalue weighted by molar-refractivity contribution is 0.00836. The number of oxime groups is 1. The van der Waals surface area contributed by atoms with E-state index in [4.69, 9.17) is 14.3 Å². The van der Waals surface area contributed by atoms with Crippen molar-refractivity contribution < 1.29 is 42.6 Å². The molecule has 0 aliphatic carbocycles. The Labute approximate surface area is 298 Å². The van der Waals surface area contributed by atoms with Crippen molar-refractivity contribution in [3.05, 3.63) is 100 Å². The molecule has 51 heavy (non-hydrogen) atoms. The average molecular weight is 711 g/mol. The van der Waals surface area contributed by atoms with E-state index in [0.29, 0.717) is 29.1 Å². The number of nitrogens with one attached hydrogen (secondary N) is 1. The maximum Gasteiger partial charge on any atom is 0.410 e. The summed E-state index contributed by atoms with van der Waals surface area (Å²) in [7, 11) is 4.54. The minimum atomic E-state index is -1.46. The van der Waals surface area contributed by atoms with Crippen LogP contribution in [0.25, 0.3) is 0 Å². The lowest BCUT2D eigenvalue weighted by atomic mass is 9.98. The number of aliphatic hydroxyl groups is 1. The normalized spacial score (nSPS) is 12.8. The second-order valence-electron chi connectivity index (χ2n) is 13.2. The molecule has 0 unspecified atom stereocenters. The summed E-state index contributed by atoms with van der Waals surface area (Å²) in [6.07, 6.45) is -1.68. The summed E-state index contributed by atoms with van der Waals surface area (Å²) in [4.78, 5) is 48.4. The van der Waals surface area contributed by atoms with Crippen molar-refractivity contribution in [1.82, 2.24) is 15.1 Å². The van der Waals surface area contributed by atoms with Crippen LogP contribution in [-0.2, 0) is 22.5 Å². The summed E-state index contributed by atoms with van der Waals surface area (Å²) in [6.45, 7) is 8.87. The third kappa shape index (κ3) is 12.4. The Morgan fingerprint density at radius 1 is 0.941 bits per heavy atom. The van der Waals surface area contributed by atoms with Gasteiger partial charge in [0.2, 0.25) is 0 Å². The summed E-state index contributed by atoms with van der Waals surface area (Å²) in [5, 5.41) is 18.5. The van der Waals surface area contributed by atoms with Crippen LogP contribution < -0.4 is 10.1 Å². The molecule has 0 spiro atoms. The van der Waals surface area contributed by atoms with E-state index in [9.17, 15) is 28.3 Å². The molecule has 0 heterocycles. The van der Waals surface area contributed by atoms with Crippen LogP contribution in [0.15, 0.2) is 65.8 Å². The number of halogens is 2. The van der Waals surface area contributed by atoms with Crippen LogP contribution in [0.4, 0.5) is 13.6 Å². The third-order valence-electron chi connectivity index (χ3n) is 7.72. The first kappa shape index (κ1) is 40.4. The summed E-state index contributed by atoms with van der Waals surface area (Å²) in [5.74, 6) is -2.12. The first-order valence-corrected chi connectivity index (χ1v) is 16.6. The summed E-state index contributed by atoms with van der Waals surface area (Å²) in [5.41, 5.74) is 1.09. The summed E-state index contributed by atoms with van der Waals surface area (Å²) in [6, 6.07) is 13.3. The molecule has 13 heteroatoms. The van der Waals surface area contributed by atoms with Gasteiger partial charge in [-0.25, -0.2) is 13.6 Å². The van der Waals surface area contributed by atoms with E-state index in [0.717, 1.165) is 24.6 Å². The predicted molar refractivity (Wildman–Crippen MR) is 190 cm³/mol. The predicted octanol–water partition coefficient (Wildman–Crippen LogP) is 5.97. The smallest absolute Gasteiger partial charge is 0.410 e. The molecule has 0 saturated carbocycles. The molecular weight excluding hydrogens is 662 g/mol. The fourth-order valence-electron chi connectivity index (χ4n) is 5.33. The fraction of sp³-hybridized carbons (Fsp3) is 0.421. The van der Waals surface area contributed by atoms with Crippen LogP contribution in [0.5, 0.6) is 5.75 Å². The van der Waals surface area contributed by atoms with E-state index < -0.39 is 41.4 Å². The SMILES string of the molecule is CCCN(C)C(=O)c1cc(C(=O)N[C@@H](Cc2cc(F)cc(F)c2)[C@H](O)CN(Cc2cccc(OC)c2)C(=O)OC(C)(C)C)cc(C(C)=NOC)c1. The molecule has 0 aromatic heterocycles. The van der Waals surface area contributed by atoms with Crippen LogP contribution in [0.3, 0.4) is 0 Å². The van der Waals surface area contributed by atoms with E-state index in [1.807, 2.05) is 6.92 Å². The number of carbonyl (C=O) groups is 3. The van der Waals surface area contributed by atoms with Crippen molar-refractivity contribution in [1.29, 1.82) is 0 Å². The number of carbonyl (C=O) groups excluding carboxylic acids is 3. The van der Waals surface area contributed by atoms with E-state index in [2.05, 4.69) is 10.5 Å². The number of hydrogen-bond donors (Lipinski definition) is 2. The number of aliphatic hydroxyl groups excluding tert-OH is 1. The molecule has 3 rings (SSSR count). The van der Waals surface area contributed by atoms with Crippen molar-refractivity contribution in [3.63, 3.8) is 0 Å². The molecule has 3 aromatic rings. The van der Waals surface area contributed by atoms with Gasteiger partial charge in [0.05, 0.1) is 31.5 Å². The molecule has 0 aliphatic heterocycles. The van der Waals surface area contributed by atoms with Crippen molar-refractivity contribution in [3.8, 4) is 5.75 Å². The monoisotopic (exact) mass is 710 g/mol. The van der Waals surface area contributed by atoms with Gasteiger partial charge >= 0.3 is 6.09 Å². The average Bonchev–Trinajstić information content (AvgIpc) is 3.06. The molecule has 2 N–H and O–H groups in total. The molecule has 2 atom stereocenters. The highest BCUT2D eigenvalue weighted by Crippen LogP contribution is 2.20. The maximum atomic E-state index is 14.3. The van der Waals surface area contributed by atoms with Gasteiger partial charge < -0.3 is 34.5 Å². The lowest BCUT2D eigenvalue weighted by Gasteiger charge is -2.32. The number of hydrogen-bond acceptors (Lipinski definition) is 8. The number of nitrogens with zero attached hydrogens (tertiary/aromatic N) is 3. The Morgan fingerprint density at radius 2 is 1.59 bits per heavy atom. The highest BCUT2D eigenvalue weighted by molar-refractivity contribution is 6.06. The van der Waals surface area contributed by atoms with Crippen LogP contribution >= 0.6 is 0 Å².